The largest absolute Gasteiger partial charge is 0.444 e. The molecule has 150 valence electrons. The van der Waals surface area contributed by atoms with Crippen molar-refractivity contribution in [2.24, 2.45) is 5.92 Å². The molecule has 8 heteroatoms. The van der Waals surface area contributed by atoms with Crippen LogP contribution in [0.4, 0.5) is 4.79 Å². The predicted octanol–water partition coefficient (Wildman–Crippen LogP) is 2.78. The van der Waals surface area contributed by atoms with Crippen LogP contribution in [0.5, 0.6) is 0 Å². The highest BCUT2D eigenvalue weighted by atomic mass is 16.7. The second-order valence-electron chi connectivity index (χ2n) is 8.03. The summed E-state index contributed by atoms with van der Waals surface area (Å²) < 4.78 is 5.35. The van der Waals surface area contributed by atoms with Crippen molar-refractivity contribution in [1.29, 1.82) is 0 Å². The van der Waals surface area contributed by atoms with Gasteiger partial charge in [-0.2, -0.15) is 0 Å². The Morgan fingerprint density at radius 2 is 1.57 bits per heavy atom. The van der Waals surface area contributed by atoms with Crippen molar-refractivity contribution in [2.45, 2.75) is 45.6 Å². The molecule has 2 heterocycles. The van der Waals surface area contributed by atoms with E-state index in [1.54, 1.807) is 17.0 Å². The number of hydrogen-bond donors (Lipinski definition) is 0. The third kappa shape index (κ3) is 4.32. The van der Waals surface area contributed by atoms with E-state index in [9.17, 15) is 19.2 Å². The van der Waals surface area contributed by atoms with Gasteiger partial charge in [0.2, 0.25) is 0 Å². The molecule has 1 aromatic carbocycles. The lowest BCUT2D eigenvalue weighted by Gasteiger charge is -2.33. The highest BCUT2D eigenvalue weighted by Gasteiger charge is 2.39. The van der Waals surface area contributed by atoms with E-state index < -0.39 is 23.4 Å². The quantitative estimate of drug-likeness (QED) is 0.739. The van der Waals surface area contributed by atoms with Crippen LogP contribution in [0.15, 0.2) is 24.3 Å². The van der Waals surface area contributed by atoms with Crippen molar-refractivity contribution >= 4 is 23.9 Å². The molecule has 0 bridgehead atoms. The Morgan fingerprint density at radius 3 is 2.07 bits per heavy atom. The Kier molecular flexibility index (Phi) is 5.40. The summed E-state index contributed by atoms with van der Waals surface area (Å²) in [6.07, 6.45) is 0.960. The third-order valence-corrected chi connectivity index (χ3v) is 4.67. The maximum atomic E-state index is 12.2. The zero-order chi connectivity index (χ0) is 20.5. The summed E-state index contributed by atoms with van der Waals surface area (Å²) in [6.45, 7) is 6.41. The first-order chi connectivity index (χ1) is 13.2. The highest BCUT2D eigenvalue weighted by molar-refractivity contribution is 6.20. The van der Waals surface area contributed by atoms with Gasteiger partial charge < -0.3 is 14.5 Å². The lowest BCUT2D eigenvalue weighted by atomic mass is 9.94. The number of amides is 3. The molecule has 0 aromatic heterocycles. The van der Waals surface area contributed by atoms with E-state index in [1.807, 2.05) is 20.8 Å². The smallest absolute Gasteiger partial charge is 0.410 e. The fraction of sp³-hybridized carbons (Fsp3) is 0.500. The number of benzene rings is 1. The van der Waals surface area contributed by atoms with Gasteiger partial charge in [0.1, 0.15) is 5.60 Å². The van der Waals surface area contributed by atoms with Crippen molar-refractivity contribution in [3.05, 3.63) is 35.4 Å². The van der Waals surface area contributed by atoms with E-state index in [2.05, 4.69) is 0 Å². The Hall–Kier alpha value is -2.90. The number of fused-ring (bicyclic) bond motifs is 1. The number of carbonyl (C=O) groups excluding carboxylic acids is 4. The normalized spacial score (nSPS) is 17.5. The van der Waals surface area contributed by atoms with Gasteiger partial charge in [-0.3, -0.25) is 9.59 Å². The zero-order valence-corrected chi connectivity index (χ0v) is 16.3. The number of imide groups is 1. The number of hydroxylamine groups is 2. The van der Waals surface area contributed by atoms with Crippen molar-refractivity contribution in [3.8, 4) is 0 Å². The Balaban J connectivity index is 1.49. The maximum absolute atomic E-state index is 12.2. The number of piperidine rings is 1. The van der Waals surface area contributed by atoms with Crippen LogP contribution >= 0.6 is 0 Å². The van der Waals surface area contributed by atoms with E-state index in [0.29, 0.717) is 31.0 Å². The highest BCUT2D eigenvalue weighted by Crippen LogP contribution is 2.25. The summed E-state index contributed by atoms with van der Waals surface area (Å²) >= 11 is 0. The molecule has 1 saturated heterocycles. The molecule has 2 aliphatic rings. The molecular formula is C20H24N2O6. The van der Waals surface area contributed by atoms with Crippen molar-refractivity contribution in [2.75, 3.05) is 13.1 Å². The molecule has 0 atom stereocenters. The fourth-order valence-corrected chi connectivity index (χ4v) is 3.27. The molecule has 0 spiro atoms. The van der Waals surface area contributed by atoms with Gasteiger partial charge in [-0.05, 0) is 51.7 Å². The summed E-state index contributed by atoms with van der Waals surface area (Å²) in [5.41, 5.74) is -0.0960. The molecule has 1 fully saturated rings. The van der Waals surface area contributed by atoms with Gasteiger partial charge in [-0.25, -0.2) is 9.59 Å². The van der Waals surface area contributed by atoms with Crippen LogP contribution in [0, 0.1) is 5.92 Å². The number of likely N-dealkylation sites (tertiary alicyclic amines) is 1. The molecule has 0 saturated carbocycles. The van der Waals surface area contributed by atoms with E-state index in [-0.39, 0.29) is 29.6 Å². The Morgan fingerprint density at radius 1 is 1.04 bits per heavy atom. The molecule has 0 unspecified atom stereocenters. The number of carbonyl (C=O) groups is 4. The molecule has 28 heavy (non-hydrogen) atoms. The third-order valence-electron chi connectivity index (χ3n) is 4.67. The van der Waals surface area contributed by atoms with Crippen molar-refractivity contribution in [3.63, 3.8) is 0 Å². The average molecular weight is 388 g/mol. The van der Waals surface area contributed by atoms with Gasteiger partial charge in [0, 0.05) is 13.1 Å². The molecule has 0 radical (unpaired) electrons. The van der Waals surface area contributed by atoms with Gasteiger partial charge in [-0.1, -0.05) is 17.2 Å². The second-order valence-corrected chi connectivity index (χ2v) is 8.03. The number of rotatable bonds is 3. The Labute approximate surface area is 163 Å². The lowest BCUT2D eigenvalue weighted by Crippen LogP contribution is -2.42. The minimum atomic E-state index is -0.634. The molecule has 8 nitrogen and oxygen atoms in total. The molecule has 0 N–H and O–H groups in total. The van der Waals surface area contributed by atoms with Gasteiger partial charge >= 0.3 is 12.1 Å². The first-order valence-electron chi connectivity index (χ1n) is 9.32. The van der Waals surface area contributed by atoms with Crippen molar-refractivity contribution in [1.82, 2.24) is 9.96 Å². The minimum Gasteiger partial charge on any atom is -0.444 e. The standard InChI is InChI=1S/C20H24N2O6/c1-20(2,3)27-19(26)21-10-8-13(9-11-21)12-16(23)28-22-17(24)14-6-4-5-7-15(14)18(22)25/h4-7,13H,8-12H2,1-3H3. The van der Waals surface area contributed by atoms with E-state index in [1.165, 1.54) is 12.1 Å². The van der Waals surface area contributed by atoms with Crippen LogP contribution in [0.25, 0.3) is 0 Å². The van der Waals surface area contributed by atoms with Crippen LogP contribution in [0.3, 0.4) is 0 Å². The van der Waals surface area contributed by atoms with Gasteiger partial charge in [-0.15, -0.1) is 0 Å². The fourth-order valence-electron chi connectivity index (χ4n) is 3.27. The van der Waals surface area contributed by atoms with Gasteiger partial charge in [0.25, 0.3) is 11.8 Å². The molecule has 1 aromatic rings. The monoisotopic (exact) mass is 388 g/mol. The average Bonchev–Trinajstić information content (AvgIpc) is 2.86. The van der Waals surface area contributed by atoms with E-state index in [0.717, 1.165) is 0 Å². The molecule has 2 aliphatic heterocycles. The molecule has 0 aliphatic carbocycles. The summed E-state index contributed by atoms with van der Waals surface area (Å²) in [6, 6.07) is 6.34. The second kappa shape index (κ2) is 7.61. The summed E-state index contributed by atoms with van der Waals surface area (Å²) in [4.78, 5) is 55.5. The van der Waals surface area contributed by atoms with E-state index >= 15 is 0 Å². The van der Waals surface area contributed by atoms with Crippen LogP contribution in [0.2, 0.25) is 0 Å². The number of ether oxygens (including phenoxy) is 1. The summed E-state index contributed by atoms with van der Waals surface area (Å²) in [7, 11) is 0. The molecular weight excluding hydrogens is 364 g/mol. The van der Waals surface area contributed by atoms with Crippen molar-refractivity contribution < 1.29 is 28.8 Å². The summed E-state index contributed by atoms with van der Waals surface area (Å²) in [5, 5.41) is 0.531. The topological polar surface area (TPSA) is 93.2 Å². The zero-order valence-electron chi connectivity index (χ0n) is 16.3. The minimum absolute atomic E-state index is 0.0152. The summed E-state index contributed by atoms with van der Waals surface area (Å²) in [5.74, 6) is -1.88. The van der Waals surface area contributed by atoms with Crippen LogP contribution in [0.1, 0.15) is 60.7 Å². The molecule has 3 rings (SSSR count). The van der Waals surface area contributed by atoms with Crippen LogP contribution < -0.4 is 0 Å². The van der Waals surface area contributed by atoms with E-state index in [4.69, 9.17) is 9.57 Å². The van der Waals surface area contributed by atoms with Gasteiger partial charge in [0.05, 0.1) is 17.5 Å². The number of hydrogen-bond acceptors (Lipinski definition) is 6. The first-order valence-corrected chi connectivity index (χ1v) is 9.32. The predicted molar refractivity (Wildman–Crippen MR) is 98.2 cm³/mol. The first kappa shape index (κ1) is 19.9. The van der Waals surface area contributed by atoms with Gasteiger partial charge in [0.15, 0.2) is 0 Å². The number of nitrogens with zero attached hydrogens (tertiary/aromatic N) is 2. The lowest BCUT2D eigenvalue weighted by molar-refractivity contribution is -0.170. The molecule has 3 amide bonds. The van der Waals surface area contributed by atoms with Crippen LogP contribution in [-0.2, 0) is 14.4 Å². The van der Waals surface area contributed by atoms with Crippen LogP contribution in [-0.4, -0.2) is 52.5 Å². The SMILES string of the molecule is CC(C)(C)OC(=O)N1CCC(CC(=O)ON2C(=O)c3ccccc3C2=O)CC1. The Bertz CT molecular complexity index is 770. The maximum Gasteiger partial charge on any atom is 0.410 e.